The second kappa shape index (κ2) is 6.23. The SMILES string of the molecule is [O-]c1on[n+](Cc2ccc(OC(F)(F)F)cc2)c1-c1ccccc1. The van der Waals surface area contributed by atoms with Crippen LogP contribution in [0, 0.1) is 0 Å². The number of aromatic nitrogens is 2. The van der Waals surface area contributed by atoms with Gasteiger partial charge in [-0.3, -0.25) is 0 Å². The molecule has 0 aliphatic rings. The maximum Gasteiger partial charge on any atom is 0.573 e. The lowest BCUT2D eigenvalue weighted by Gasteiger charge is -2.08. The first-order valence-corrected chi connectivity index (χ1v) is 6.89. The molecule has 0 unspecified atom stereocenters. The average Bonchev–Trinajstić information content (AvgIpc) is 2.89. The zero-order valence-corrected chi connectivity index (χ0v) is 12.2. The van der Waals surface area contributed by atoms with Crippen molar-refractivity contribution >= 4 is 0 Å². The topological polar surface area (TPSA) is 62.2 Å². The van der Waals surface area contributed by atoms with Gasteiger partial charge < -0.3 is 14.4 Å². The van der Waals surface area contributed by atoms with Crippen LogP contribution in [0.15, 0.2) is 59.1 Å². The average molecular weight is 336 g/mol. The maximum absolute atomic E-state index is 12.1. The second-order valence-electron chi connectivity index (χ2n) is 4.92. The summed E-state index contributed by atoms with van der Waals surface area (Å²) in [6, 6.07) is 14.2. The zero-order chi connectivity index (χ0) is 17.2. The molecule has 0 fully saturated rings. The van der Waals surface area contributed by atoms with E-state index in [1.54, 1.807) is 24.3 Å². The molecular weight excluding hydrogens is 325 g/mol. The lowest BCUT2D eigenvalue weighted by Crippen LogP contribution is -2.38. The van der Waals surface area contributed by atoms with Crippen molar-refractivity contribution in [2.24, 2.45) is 0 Å². The minimum Gasteiger partial charge on any atom is -0.539 e. The zero-order valence-electron chi connectivity index (χ0n) is 12.2. The first-order valence-electron chi connectivity index (χ1n) is 6.89. The third-order valence-corrected chi connectivity index (χ3v) is 3.21. The summed E-state index contributed by atoms with van der Waals surface area (Å²) in [5.41, 5.74) is 1.55. The van der Waals surface area contributed by atoms with E-state index in [0.29, 0.717) is 11.1 Å². The molecule has 124 valence electrons. The quantitative estimate of drug-likeness (QED) is 0.687. The fourth-order valence-electron chi connectivity index (χ4n) is 2.22. The van der Waals surface area contributed by atoms with Crippen molar-refractivity contribution in [3.05, 3.63) is 60.2 Å². The number of benzene rings is 2. The smallest absolute Gasteiger partial charge is 0.539 e. The molecule has 0 atom stereocenters. The van der Waals surface area contributed by atoms with Crippen molar-refractivity contribution in [3.63, 3.8) is 0 Å². The minimum atomic E-state index is -4.74. The summed E-state index contributed by atoms with van der Waals surface area (Å²) in [6.45, 7) is 0.169. The molecule has 5 nitrogen and oxygen atoms in total. The molecule has 3 aromatic rings. The number of nitrogens with zero attached hydrogens (tertiary/aromatic N) is 2. The fraction of sp³-hybridized carbons (Fsp3) is 0.125. The van der Waals surface area contributed by atoms with Crippen molar-refractivity contribution in [2.45, 2.75) is 12.9 Å². The number of halogens is 3. The largest absolute Gasteiger partial charge is 0.573 e. The summed E-state index contributed by atoms with van der Waals surface area (Å²) in [4.78, 5) is 0. The highest BCUT2D eigenvalue weighted by Crippen LogP contribution is 2.24. The standard InChI is InChI=1S/C16H11F3N2O3/c17-16(18,19)23-13-8-6-11(7-9-13)10-21-14(15(22)24-20-21)12-4-2-1-3-5-12/h1-9H,10H2. The van der Waals surface area contributed by atoms with Crippen LogP contribution in [0.2, 0.25) is 0 Å². The summed E-state index contributed by atoms with van der Waals surface area (Å²) in [5.74, 6) is -0.901. The molecular formula is C16H11F3N2O3. The summed E-state index contributed by atoms with van der Waals surface area (Å²) < 4.78 is 46.3. The predicted molar refractivity (Wildman–Crippen MR) is 73.8 cm³/mol. The fourth-order valence-corrected chi connectivity index (χ4v) is 2.22. The van der Waals surface area contributed by atoms with Gasteiger partial charge in [0, 0.05) is 5.56 Å². The van der Waals surface area contributed by atoms with Crippen LogP contribution < -0.4 is 14.5 Å². The van der Waals surface area contributed by atoms with Crippen molar-refractivity contribution in [2.75, 3.05) is 0 Å². The first-order chi connectivity index (χ1) is 11.4. The van der Waals surface area contributed by atoms with Crippen molar-refractivity contribution in [3.8, 4) is 23.0 Å². The van der Waals surface area contributed by atoms with Crippen molar-refractivity contribution in [1.82, 2.24) is 5.27 Å². The van der Waals surface area contributed by atoms with Crippen LogP contribution in [0.3, 0.4) is 0 Å². The Bertz CT molecular complexity index is 815. The second-order valence-corrected chi connectivity index (χ2v) is 4.92. The number of hydrogen-bond donors (Lipinski definition) is 0. The van der Waals surface area contributed by atoms with Gasteiger partial charge in [-0.15, -0.1) is 13.2 Å². The van der Waals surface area contributed by atoms with Crippen LogP contribution >= 0.6 is 0 Å². The lowest BCUT2D eigenvalue weighted by atomic mass is 10.1. The Morgan fingerprint density at radius 2 is 1.71 bits per heavy atom. The molecule has 24 heavy (non-hydrogen) atoms. The third kappa shape index (κ3) is 3.65. The third-order valence-electron chi connectivity index (χ3n) is 3.21. The summed E-state index contributed by atoms with van der Waals surface area (Å²) >= 11 is 0. The highest BCUT2D eigenvalue weighted by molar-refractivity contribution is 5.59. The van der Waals surface area contributed by atoms with Gasteiger partial charge in [0.1, 0.15) is 5.75 Å². The van der Waals surface area contributed by atoms with Crippen LogP contribution in [0.1, 0.15) is 5.56 Å². The van der Waals surface area contributed by atoms with E-state index in [2.05, 4.69) is 10.0 Å². The molecule has 0 aliphatic carbocycles. The highest BCUT2D eigenvalue weighted by Gasteiger charge is 2.31. The van der Waals surface area contributed by atoms with Gasteiger partial charge in [-0.2, -0.15) is 0 Å². The molecule has 0 amide bonds. The minimum absolute atomic E-state index is 0.169. The number of alkyl halides is 3. The Morgan fingerprint density at radius 1 is 1.04 bits per heavy atom. The molecule has 8 heteroatoms. The van der Waals surface area contributed by atoms with Gasteiger partial charge in [-0.05, 0) is 36.4 Å². The Balaban J connectivity index is 1.82. The first kappa shape index (κ1) is 15.9. The number of hydrogen-bond acceptors (Lipinski definition) is 4. The van der Waals surface area contributed by atoms with Gasteiger partial charge in [0.05, 0.1) is 10.8 Å². The maximum atomic E-state index is 12.1. The van der Waals surface area contributed by atoms with E-state index in [4.69, 9.17) is 4.52 Å². The molecule has 0 radical (unpaired) electrons. The molecule has 0 aliphatic heterocycles. The Labute approximate surface area is 134 Å². The predicted octanol–water partition coefficient (Wildman–Crippen LogP) is 2.65. The molecule has 0 spiro atoms. The summed E-state index contributed by atoms with van der Waals surface area (Å²) in [5, 5.41) is 15.5. The molecule has 1 heterocycles. The molecule has 3 rings (SSSR count). The van der Waals surface area contributed by atoms with Crippen LogP contribution in [0.5, 0.6) is 11.7 Å². The molecule has 0 saturated heterocycles. The van der Waals surface area contributed by atoms with Gasteiger partial charge in [0.2, 0.25) is 6.54 Å². The van der Waals surface area contributed by atoms with Crippen LogP contribution in [0.25, 0.3) is 11.3 Å². The van der Waals surface area contributed by atoms with E-state index in [-0.39, 0.29) is 18.0 Å². The molecule has 2 aromatic carbocycles. The summed E-state index contributed by atoms with van der Waals surface area (Å²) in [6.07, 6.45) is -4.74. The van der Waals surface area contributed by atoms with Crippen molar-refractivity contribution < 1.29 is 32.2 Å². The molecule has 1 aromatic heterocycles. The van der Waals surface area contributed by atoms with E-state index in [1.807, 2.05) is 6.07 Å². The van der Waals surface area contributed by atoms with Gasteiger partial charge in [0.15, 0.2) is 5.95 Å². The van der Waals surface area contributed by atoms with Crippen LogP contribution in [0.4, 0.5) is 13.2 Å². The van der Waals surface area contributed by atoms with Gasteiger partial charge in [-0.25, -0.2) is 0 Å². The van der Waals surface area contributed by atoms with E-state index in [0.717, 1.165) is 0 Å². The number of ether oxygens (including phenoxy) is 1. The van der Waals surface area contributed by atoms with E-state index in [9.17, 15) is 18.3 Å². The highest BCUT2D eigenvalue weighted by atomic mass is 19.4. The van der Waals surface area contributed by atoms with Crippen LogP contribution in [-0.2, 0) is 6.54 Å². The summed E-state index contributed by atoms with van der Waals surface area (Å²) in [7, 11) is 0. The normalized spacial score (nSPS) is 11.5. The lowest BCUT2D eigenvalue weighted by molar-refractivity contribution is -0.745. The monoisotopic (exact) mass is 336 g/mol. The molecule has 0 saturated carbocycles. The van der Waals surface area contributed by atoms with Gasteiger partial charge in [0.25, 0.3) is 5.69 Å². The van der Waals surface area contributed by atoms with Crippen LogP contribution in [-0.4, -0.2) is 11.6 Å². The molecule has 0 N–H and O–H groups in total. The van der Waals surface area contributed by atoms with Gasteiger partial charge >= 0.3 is 6.36 Å². The van der Waals surface area contributed by atoms with E-state index in [1.165, 1.54) is 28.9 Å². The molecule has 0 bridgehead atoms. The van der Waals surface area contributed by atoms with E-state index < -0.39 is 12.3 Å². The Hall–Kier alpha value is -3.03. The van der Waals surface area contributed by atoms with Gasteiger partial charge in [-0.1, -0.05) is 22.9 Å². The van der Waals surface area contributed by atoms with E-state index >= 15 is 0 Å². The Morgan fingerprint density at radius 3 is 2.33 bits per heavy atom. The number of rotatable bonds is 4. The Kier molecular flexibility index (Phi) is 4.11. The van der Waals surface area contributed by atoms with Crippen molar-refractivity contribution in [1.29, 1.82) is 0 Å².